The highest BCUT2D eigenvalue weighted by Gasteiger charge is 2.32. The molecule has 4 heteroatoms. The lowest BCUT2D eigenvalue weighted by molar-refractivity contribution is -0.128. The topological polar surface area (TPSA) is 58.6 Å². The molecule has 1 aliphatic rings. The summed E-state index contributed by atoms with van der Waals surface area (Å²) in [5, 5.41) is 13.5. The number of carbonyl (C=O) groups is 1. The monoisotopic (exact) mass is 277 g/mol. The summed E-state index contributed by atoms with van der Waals surface area (Å²) in [5.41, 5.74) is -0.609. The number of hydrogen-bond donors (Lipinski definition) is 2. The van der Waals surface area contributed by atoms with Gasteiger partial charge in [0.1, 0.15) is 0 Å². The quantitative estimate of drug-likeness (QED) is 0.884. The molecule has 1 unspecified atom stereocenters. The van der Waals surface area contributed by atoms with Gasteiger partial charge < -0.3 is 15.2 Å². The van der Waals surface area contributed by atoms with E-state index < -0.39 is 5.60 Å². The van der Waals surface area contributed by atoms with Crippen LogP contribution in [-0.2, 0) is 15.1 Å². The van der Waals surface area contributed by atoms with Crippen molar-refractivity contribution in [2.24, 2.45) is 0 Å². The lowest BCUT2D eigenvalue weighted by Gasteiger charge is -2.35. The first-order chi connectivity index (χ1) is 9.41. The summed E-state index contributed by atoms with van der Waals surface area (Å²) < 4.78 is 5.32. The predicted molar refractivity (Wildman–Crippen MR) is 77.2 cm³/mol. The fourth-order valence-electron chi connectivity index (χ4n) is 2.54. The number of hydrogen-bond acceptors (Lipinski definition) is 3. The zero-order valence-corrected chi connectivity index (χ0v) is 12.2. The average molecular weight is 277 g/mol. The molecule has 0 aliphatic carbocycles. The van der Waals surface area contributed by atoms with Gasteiger partial charge in [0.25, 0.3) is 0 Å². The molecule has 1 heterocycles. The van der Waals surface area contributed by atoms with Crippen molar-refractivity contribution in [3.05, 3.63) is 35.9 Å². The van der Waals surface area contributed by atoms with Crippen LogP contribution in [-0.4, -0.2) is 29.8 Å². The molecule has 4 nitrogen and oxygen atoms in total. The molecule has 2 rings (SSSR count). The molecule has 0 spiro atoms. The van der Waals surface area contributed by atoms with Gasteiger partial charge in [0.2, 0.25) is 5.91 Å². The minimum atomic E-state index is -1.15. The van der Waals surface area contributed by atoms with Crippen molar-refractivity contribution in [2.75, 3.05) is 13.2 Å². The van der Waals surface area contributed by atoms with Crippen LogP contribution in [0, 0.1) is 0 Å². The van der Waals surface area contributed by atoms with E-state index in [0.29, 0.717) is 13.2 Å². The van der Waals surface area contributed by atoms with Gasteiger partial charge in [-0.05, 0) is 32.3 Å². The first-order valence-electron chi connectivity index (χ1n) is 7.08. The molecule has 110 valence electrons. The summed E-state index contributed by atoms with van der Waals surface area (Å²) in [6.45, 7) is 5.05. The Kier molecular flexibility index (Phi) is 4.45. The SMILES string of the molecule is CC1(NC(=O)CC(C)(O)c2ccccc2)CCOCC1. The Labute approximate surface area is 120 Å². The highest BCUT2D eigenvalue weighted by molar-refractivity contribution is 5.78. The zero-order valence-electron chi connectivity index (χ0n) is 12.2. The Morgan fingerprint density at radius 2 is 1.95 bits per heavy atom. The largest absolute Gasteiger partial charge is 0.385 e. The van der Waals surface area contributed by atoms with E-state index in [1.54, 1.807) is 6.92 Å². The molecule has 1 amide bonds. The van der Waals surface area contributed by atoms with Crippen LogP contribution in [0.25, 0.3) is 0 Å². The standard InChI is InChI=1S/C16H23NO3/c1-15(8-10-20-11-9-15)17-14(18)12-16(2,19)13-6-4-3-5-7-13/h3-7,19H,8-12H2,1-2H3,(H,17,18). The number of rotatable bonds is 4. The van der Waals surface area contributed by atoms with Gasteiger partial charge in [0.15, 0.2) is 0 Å². The molecular weight excluding hydrogens is 254 g/mol. The number of nitrogens with one attached hydrogen (secondary N) is 1. The van der Waals surface area contributed by atoms with Gasteiger partial charge in [-0.3, -0.25) is 4.79 Å². The lowest BCUT2D eigenvalue weighted by atomic mass is 9.89. The predicted octanol–water partition coefficient (Wildman–Crippen LogP) is 1.97. The maximum absolute atomic E-state index is 12.2. The van der Waals surface area contributed by atoms with Crippen LogP contribution < -0.4 is 5.32 Å². The lowest BCUT2D eigenvalue weighted by Crippen LogP contribution is -2.50. The van der Waals surface area contributed by atoms with Crippen molar-refractivity contribution in [1.82, 2.24) is 5.32 Å². The fraction of sp³-hybridized carbons (Fsp3) is 0.562. The normalized spacial score (nSPS) is 20.9. The summed E-state index contributed by atoms with van der Waals surface area (Å²) in [5.74, 6) is -0.122. The van der Waals surface area contributed by atoms with Gasteiger partial charge in [-0.25, -0.2) is 0 Å². The Morgan fingerprint density at radius 1 is 1.35 bits per heavy atom. The highest BCUT2D eigenvalue weighted by atomic mass is 16.5. The number of ether oxygens (including phenoxy) is 1. The first kappa shape index (κ1) is 15.0. The molecule has 0 radical (unpaired) electrons. The summed E-state index contributed by atoms with van der Waals surface area (Å²) >= 11 is 0. The highest BCUT2D eigenvalue weighted by Crippen LogP contribution is 2.25. The Balaban J connectivity index is 1.97. The Hall–Kier alpha value is -1.39. The average Bonchev–Trinajstić information content (AvgIpc) is 2.39. The molecule has 0 aromatic heterocycles. The third-order valence-electron chi connectivity index (χ3n) is 3.94. The summed E-state index contributed by atoms with van der Waals surface area (Å²) in [6.07, 6.45) is 1.69. The summed E-state index contributed by atoms with van der Waals surface area (Å²) in [4.78, 5) is 12.2. The molecule has 0 saturated carbocycles. The van der Waals surface area contributed by atoms with Gasteiger partial charge in [0, 0.05) is 18.8 Å². The second kappa shape index (κ2) is 5.94. The minimum absolute atomic E-state index is 0.0630. The second-order valence-electron chi connectivity index (χ2n) is 6.04. The van der Waals surface area contributed by atoms with Crippen molar-refractivity contribution >= 4 is 5.91 Å². The van der Waals surface area contributed by atoms with Crippen LogP contribution in [0.15, 0.2) is 30.3 Å². The smallest absolute Gasteiger partial charge is 0.223 e. The fourth-order valence-corrected chi connectivity index (χ4v) is 2.54. The molecule has 1 aliphatic heterocycles. The van der Waals surface area contributed by atoms with Crippen LogP contribution in [0.2, 0.25) is 0 Å². The van der Waals surface area contributed by atoms with E-state index in [1.807, 2.05) is 37.3 Å². The molecule has 1 saturated heterocycles. The van der Waals surface area contributed by atoms with Crippen LogP contribution in [0.3, 0.4) is 0 Å². The molecule has 1 aromatic carbocycles. The molecule has 2 N–H and O–H groups in total. The van der Waals surface area contributed by atoms with Crippen molar-refractivity contribution in [3.8, 4) is 0 Å². The number of aliphatic hydroxyl groups is 1. The van der Waals surface area contributed by atoms with Crippen LogP contribution in [0.1, 0.15) is 38.7 Å². The van der Waals surface area contributed by atoms with Crippen LogP contribution in [0.4, 0.5) is 0 Å². The van der Waals surface area contributed by atoms with E-state index in [4.69, 9.17) is 4.74 Å². The number of carbonyl (C=O) groups excluding carboxylic acids is 1. The van der Waals surface area contributed by atoms with E-state index in [0.717, 1.165) is 18.4 Å². The van der Waals surface area contributed by atoms with E-state index in [9.17, 15) is 9.90 Å². The Morgan fingerprint density at radius 3 is 2.55 bits per heavy atom. The van der Waals surface area contributed by atoms with Crippen LogP contribution in [0.5, 0.6) is 0 Å². The van der Waals surface area contributed by atoms with E-state index in [1.165, 1.54) is 0 Å². The van der Waals surface area contributed by atoms with Gasteiger partial charge in [-0.2, -0.15) is 0 Å². The van der Waals surface area contributed by atoms with Gasteiger partial charge in [-0.15, -0.1) is 0 Å². The van der Waals surface area contributed by atoms with Crippen molar-refractivity contribution in [1.29, 1.82) is 0 Å². The van der Waals surface area contributed by atoms with E-state index in [2.05, 4.69) is 5.32 Å². The first-order valence-corrected chi connectivity index (χ1v) is 7.08. The third kappa shape index (κ3) is 3.81. The van der Waals surface area contributed by atoms with Crippen LogP contribution >= 0.6 is 0 Å². The second-order valence-corrected chi connectivity index (χ2v) is 6.04. The van der Waals surface area contributed by atoms with E-state index >= 15 is 0 Å². The molecular formula is C16H23NO3. The van der Waals surface area contributed by atoms with E-state index in [-0.39, 0.29) is 17.9 Å². The van der Waals surface area contributed by atoms with Gasteiger partial charge >= 0.3 is 0 Å². The molecule has 20 heavy (non-hydrogen) atoms. The molecule has 1 atom stereocenters. The van der Waals surface area contributed by atoms with Crippen molar-refractivity contribution in [3.63, 3.8) is 0 Å². The summed E-state index contributed by atoms with van der Waals surface area (Å²) in [7, 11) is 0. The zero-order chi connectivity index (χ0) is 14.6. The third-order valence-corrected chi connectivity index (χ3v) is 3.94. The van der Waals surface area contributed by atoms with Crippen molar-refractivity contribution < 1.29 is 14.6 Å². The molecule has 1 aromatic rings. The number of benzene rings is 1. The van der Waals surface area contributed by atoms with Crippen molar-refractivity contribution in [2.45, 2.75) is 44.2 Å². The minimum Gasteiger partial charge on any atom is -0.385 e. The maximum Gasteiger partial charge on any atom is 0.223 e. The molecule has 1 fully saturated rings. The van der Waals surface area contributed by atoms with Gasteiger partial charge in [-0.1, -0.05) is 30.3 Å². The molecule has 0 bridgehead atoms. The summed E-state index contributed by atoms with van der Waals surface area (Å²) in [6, 6.07) is 9.29. The Bertz CT molecular complexity index is 450. The maximum atomic E-state index is 12.2. The number of amides is 1. The van der Waals surface area contributed by atoms with Gasteiger partial charge in [0.05, 0.1) is 12.0 Å².